The molecule has 0 aliphatic carbocycles. The molecule has 0 atom stereocenters. The van der Waals surface area contributed by atoms with Gasteiger partial charge in [0.15, 0.2) is 0 Å². The predicted octanol–water partition coefficient (Wildman–Crippen LogP) is 3.66. The van der Waals surface area contributed by atoms with Crippen molar-refractivity contribution >= 4 is 21.7 Å². The number of rotatable bonds is 5. The van der Waals surface area contributed by atoms with Crippen LogP contribution in [0.25, 0.3) is 0 Å². The SMILES string of the molecule is CC(C)(C)NC(=O)NS(=O)(=O)c1cc(N=O)ccc1Oc1ccccc1. The van der Waals surface area contributed by atoms with E-state index in [2.05, 4.69) is 10.5 Å². The van der Waals surface area contributed by atoms with E-state index in [1.807, 2.05) is 4.72 Å². The summed E-state index contributed by atoms with van der Waals surface area (Å²) in [6, 6.07) is 11.3. The highest BCUT2D eigenvalue weighted by Gasteiger charge is 2.25. The van der Waals surface area contributed by atoms with Gasteiger partial charge < -0.3 is 10.1 Å². The fraction of sp³-hybridized carbons (Fsp3) is 0.235. The number of ether oxygens (including phenoxy) is 1. The fourth-order valence-electron chi connectivity index (χ4n) is 2.01. The molecule has 9 heteroatoms. The fourth-order valence-corrected chi connectivity index (χ4v) is 3.06. The maximum atomic E-state index is 12.6. The zero-order valence-corrected chi connectivity index (χ0v) is 15.3. The quantitative estimate of drug-likeness (QED) is 0.772. The topological polar surface area (TPSA) is 114 Å². The van der Waals surface area contributed by atoms with Crippen LogP contribution in [0.2, 0.25) is 0 Å². The monoisotopic (exact) mass is 377 g/mol. The van der Waals surface area contributed by atoms with Crippen LogP contribution in [-0.2, 0) is 10.0 Å². The Bertz CT molecular complexity index is 906. The molecule has 0 spiro atoms. The molecule has 2 amide bonds. The molecule has 0 saturated heterocycles. The highest BCUT2D eigenvalue weighted by molar-refractivity contribution is 7.90. The molecular weight excluding hydrogens is 358 g/mol. The maximum absolute atomic E-state index is 12.6. The van der Waals surface area contributed by atoms with Crippen molar-refractivity contribution in [2.75, 3.05) is 0 Å². The van der Waals surface area contributed by atoms with Gasteiger partial charge >= 0.3 is 6.03 Å². The van der Waals surface area contributed by atoms with Crippen LogP contribution in [0.5, 0.6) is 11.5 Å². The van der Waals surface area contributed by atoms with Crippen LogP contribution in [0, 0.1) is 4.91 Å². The number of hydrogen-bond donors (Lipinski definition) is 2. The van der Waals surface area contributed by atoms with Gasteiger partial charge in [-0.15, -0.1) is 4.91 Å². The summed E-state index contributed by atoms with van der Waals surface area (Å²) in [6.07, 6.45) is 0. The van der Waals surface area contributed by atoms with Crippen molar-refractivity contribution < 1.29 is 17.9 Å². The van der Waals surface area contributed by atoms with E-state index < -0.39 is 21.6 Å². The van der Waals surface area contributed by atoms with Crippen LogP contribution in [0.4, 0.5) is 10.5 Å². The summed E-state index contributed by atoms with van der Waals surface area (Å²) in [5.41, 5.74) is -0.739. The van der Waals surface area contributed by atoms with E-state index in [0.29, 0.717) is 5.75 Å². The number of carbonyl (C=O) groups is 1. The third-order valence-corrected chi connectivity index (χ3v) is 4.36. The first-order chi connectivity index (χ1) is 12.1. The lowest BCUT2D eigenvalue weighted by Crippen LogP contribution is -2.48. The lowest BCUT2D eigenvalue weighted by Gasteiger charge is -2.21. The van der Waals surface area contributed by atoms with Crippen molar-refractivity contribution in [1.29, 1.82) is 0 Å². The molecule has 0 fully saturated rings. The minimum absolute atomic E-state index is 0.0420. The Hall–Kier alpha value is -2.94. The Balaban J connectivity index is 2.38. The minimum atomic E-state index is -4.30. The number of amides is 2. The summed E-state index contributed by atoms with van der Waals surface area (Å²) >= 11 is 0. The van der Waals surface area contributed by atoms with Gasteiger partial charge in [0.2, 0.25) is 0 Å². The third-order valence-electron chi connectivity index (χ3n) is 3.01. The molecule has 2 N–H and O–H groups in total. The number of nitrogens with one attached hydrogen (secondary N) is 2. The lowest BCUT2D eigenvalue weighted by molar-refractivity contribution is 0.237. The molecule has 0 aliphatic heterocycles. The number of sulfonamides is 1. The van der Waals surface area contributed by atoms with Crippen LogP contribution in [0.15, 0.2) is 58.6 Å². The second-order valence-electron chi connectivity index (χ2n) is 6.45. The molecular formula is C17H19N3O5S. The molecule has 138 valence electrons. The molecule has 2 rings (SSSR count). The van der Waals surface area contributed by atoms with Crippen molar-refractivity contribution in [1.82, 2.24) is 10.0 Å². The van der Waals surface area contributed by atoms with Gasteiger partial charge in [-0.2, -0.15) is 0 Å². The Morgan fingerprint density at radius 3 is 2.31 bits per heavy atom. The number of para-hydroxylation sites is 1. The molecule has 0 saturated carbocycles. The van der Waals surface area contributed by atoms with Gasteiger partial charge in [-0.3, -0.25) is 0 Å². The molecule has 0 bridgehead atoms. The summed E-state index contributed by atoms with van der Waals surface area (Å²) in [5.74, 6) is 0.356. The van der Waals surface area contributed by atoms with E-state index in [0.717, 1.165) is 6.07 Å². The van der Waals surface area contributed by atoms with Crippen molar-refractivity contribution in [2.45, 2.75) is 31.2 Å². The number of urea groups is 1. The third kappa shape index (κ3) is 5.28. The van der Waals surface area contributed by atoms with E-state index in [1.54, 1.807) is 51.1 Å². The molecule has 0 radical (unpaired) electrons. The summed E-state index contributed by atoms with van der Waals surface area (Å²) < 4.78 is 32.7. The van der Waals surface area contributed by atoms with Crippen LogP contribution in [-0.4, -0.2) is 20.0 Å². The van der Waals surface area contributed by atoms with Gasteiger partial charge in [-0.1, -0.05) is 18.2 Å². The van der Waals surface area contributed by atoms with Gasteiger partial charge in [0.25, 0.3) is 10.0 Å². The van der Waals surface area contributed by atoms with Crippen LogP contribution in [0.1, 0.15) is 20.8 Å². The number of benzene rings is 2. The van der Waals surface area contributed by atoms with Gasteiger partial charge in [0, 0.05) is 5.54 Å². The molecule has 26 heavy (non-hydrogen) atoms. The van der Waals surface area contributed by atoms with Crippen molar-refractivity contribution in [3.8, 4) is 11.5 Å². The average Bonchev–Trinajstić information content (AvgIpc) is 2.53. The average molecular weight is 377 g/mol. The first-order valence-electron chi connectivity index (χ1n) is 7.66. The zero-order chi connectivity index (χ0) is 19.4. The van der Waals surface area contributed by atoms with Crippen LogP contribution < -0.4 is 14.8 Å². The van der Waals surface area contributed by atoms with Crippen LogP contribution in [0.3, 0.4) is 0 Å². The van der Waals surface area contributed by atoms with Crippen molar-refractivity contribution in [3.63, 3.8) is 0 Å². The highest BCUT2D eigenvalue weighted by atomic mass is 32.2. The zero-order valence-electron chi connectivity index (χ0n) is 14.5. The van der Waals surface area contributed by atoms with E-state index >= 15 is 0 Å². The Morgan fingerprint density at radius 2 is 1.73 bits per heavy atom. The van der Waals surface area contributed by atoms with Gasteiger partial charge in [0.1, 0.15) is 22.1 Å². The first-order valence-corrected chi connectivity index (χ1v) is 9.14. The van der Waals surface area contributed by atoms with E-state index in [1.165, 1.54) is 12.1 Å². The maximum Gasteiger partial charge on any atom is 0.329 e. The molecule has 0 heterocycles. The highest BCUT2D eigenvalue weighted by Crippen LogP contribution is 2.32. The number of nitrogens with zero attached hydrogens (tertiary/aromatic N) is 1. The standard InChI is InChI=1S/C17H19N3O5S/c1-17(2,3)18-16(21)20-26(23,24)15-11-12(19-22)9-10-14(15)25-13-7-5-4-6-8-13/h4-11H,1-3H3,(H2,18,20,21). The summed E-state index contributed by atoms with van der Waals surface area (Å²) in [7, 11) is -4.30. The Morgan fingerprint density at radius 1 is 1.08 bits per heavy atom. The smallest absolute Gasteiger partial charge is 0.329 e. The van der Waals surface area contributed by atoms with E-state index in [4.69, 9.17) is 4.74 Å². The lowest BCUT2D eigenvalue weighted by atomic mass is 10.1. The van der Waals surface area contributed by atoms with Gasteiger partial charge in [0.05, 0.1) is 0 Å². The van der Waals surface area contributed by atoms with Crippen molar-refractivity contribution in [2.24, 2.45) is 5.18 Å². The minimum Gasteiger partial charge on any atom is -0.456 e. The number of nitroso groups, excluding NO2 is 1. The van der Waals surface area contributed by atoms with E-state index in [9.17, 15) is 18.1 Å². The number of carbonyl (C=O) groups excluding carboxylic acids is 1. The number of hydrogen-bond acceptors (Lipinski definition) is 6. The summed E-state index contributed by atoms with van der Waals surface area (Å²) in [6.45, 7) is 5.13. The molecule has 8 nitrogen and oxygen atoms in total. The molecule has 2 aromatic rings. The second-order valence-corrected chi connectivity index (χ2v) is 8.10. The first kappa shape index (κ1) is 19.4. The molecule has 2 aromatic carbocycles. The Labute approximate surface area is 151 Å². The summed E-state index contributed by atoms with van der Waals surface area (Å²) in [4.78, 5) is 22.4. The Kier molecular flexibility index (Phi) is 5.61. The molecule has 0 aromatic heterocycles. The van der Waals surface area contributed by atoms with E-state index in [-0.39, 0.29) is 16.3 Å². The largest absolute Gasteiger partial charge is 0.456 e. The predicted molar refractivity (Wildman–Crippen MR) is 97.0 cm³/mol. The second kappa shape index (κ2) is 7.52. The van der Waals surface area contributed by atoms with Crippen molar-refractivity contribution in [3.05, 3.63) is 53.4 Å². The normalized spacial score (nSPS) is 11.5. The molecule has 0 aliphatic rings. The molecule has 0 unspecified atom stereocenters. The van der Waals surface area contributed by atoms with Crippen LogP contribution >= 0.6 is 0 Å². The van der Waals surface area contributed by atoms with Gasteiger partial charge in [-0.05, 0) is 56.3 Å². The van der Waals surface area contributed by atoms with Gasteiger partial charge in [-0.25, -0.2) is 17.9 Å². The summed E-state index contributed by atoms with van der Waals surface area (Å²) in [5, 5.41) is 5.22.